The predicted octanol–water partition coefficient (Wildman–Crippen LogP) is 4.22. The summed E-state index contributed by atoms with van der Waals surface area (Å²) in [5.41, 5.74) is 0.437. The van der Waals surface area contributed by atoms with Crippen LogP contribution in [0.2, 0.25) is 0 Å². The van der Waals surface area contributed by atoms with Crippen molar-refractivity contribution in [1.82, 2.24) is 10.2 Å². The van der Waals surface area contributed by atoms with Gasteiger partial charge in [0.1, 0.15) is 24.2 Å². The van der Waals surface area contributed by atoms with Gasteiger partial charge in [0.25, 0.3) is 10.0 Å². The van der Waals surface area contributed by atoms with E-state index in [0.29, 0.717) is 17.9 Å². The molecular formula is C29H34FN3O5S. The SMILES string of the molecule is COc1ccc(CN(C(=O)CN(c2ccccc2F)S(=O)(=O)c2ccccc2)[C@@H](C)C(=O)NCC(C)C)cc1. The molecule has 0 radical (unpaired) electrons. The summed E-state index contributed by atoms with van der Waals surface area (Å²) in [6.07, 6.45) is 0. The Morgan fingerprint density at radius 3 is 2.13 bits per heavy atom. The molecule has 0 saturated carbocycles. The first kappa shape index (κ1) is 29.6. The van der Waals surface area contributed by atoms with Crippen LogP contribution in [0.5, 0.6) is 5.75 Å². The Balaban J connectivity index is 2.00. The van der Waals surface area contributed by atoms with Crippen molar-refractivity contribution >= 4 is 27.5 Å². The number of nitrogens with zero attached hydrogens (tertiary/aromatic N) is 2. The predicted molar refractivity (Wildman–Crippen MR) is 148 cm³/mol. The van der Waals surface area contributed by atoms with Crippen LogP contribution in [-0.2, 0) is 26.2 Å². The van der Waals surface area contributed by atoms with Gasteiger partial charge < -0.3 is 15.0 Å². The lowest BCUT2D eigenvalue weighted by atomic mass is 10.1. The van der Waals surface area contributed by atoms with Crippen molar-refractivity contribution in [2.75, 3.05) is 24.5 Å². The number of rotatable bonds is 12. The van der Waals surface area contributed by atoms with Gasteiger partial charge in [-0.15, -0.1) is 0 Å². The van der Waals surface area contributed by atoms with Crippen LogP contribution in [0.15, 0.2) is 83.8 Å². The molecule has 3 aromatic carbocycles. The van der Waals surface area contributed by atoms with E-state index in [1.165, 1.54) is 42.3 Å². The van der Waals surface area contributed by atoms with Gasteiger partial charge in [0.15, 0.2) is 0 Å². The fourth-order valence-electron chi connectivity index (χ4n) is 3.85. The highest BCUT2D eigenvalue weighted by molar-refractivity contribution is 7.92. The molecule has 3 aromatic rings. The van der Waals surface area contributed by atoms with Gasteiger partial charge in [0.2, 0.25) is 11.8 Å². The molecule has 0 aliphatic heterocycles. The standard InChI is InChI=1S/C29H34FN3O5S/c1-21(2)18-31-29(35)22(3)32(19-23-14-16-24(38-4)17-15-23)28(34)20-33(27-13-9-8-12-26(27)30)39(36,37)25-10-6-5-7-11-25/h5-17,21-22H,18-20H2,1-4H3,(H,31,35)/t22-/m0/s1. The van der Waals surface area contributed by atoms with E-state index >= 15 is 0 Å². The van der Waals surface area contributed by atoms with Gasteiger partial charge in [0.05, 0.1) is 17.7 Å². The minimum atomic E-state index is -4.33. The van der Waals surface area contributed by atoms with Gasteiger partial charge in [0, 0.05) is 13.1 Å². The molecule has 0 bridgehead atoms. The molecule has 0 aliphatic rings. The van der Waals surface area contributed by atoms with Crippen molar-refractivity contribution < 1.29 is 27.1 Å². The Morgan fingerprint density at radius 2 is 1.54 bits per heavy atom. The molecule has 0 aromatic heterocycles. The quantitative estimate of drug-likeness (QED) is 0.361. The normalized spacial score (nSPS) is 12.1. The smallest absolute Gasteiger partial charge is 0.264 e. The van der Waals surface area contributed by atoms with E-state index in [2.05, 4.69) is 5.32 Å². The average molecular weight is 556 g/mol. The van der Waals surface area contributed by atoms with Crippen LogP contribution in [0.3, 0.4) is 0 Å². The van der Waals surface area contributed by atoms with Gasteiger partial charge in [-0.05, 0) is 54.8 Å². The highest BCUT2D eigenvalue weighted by atomic mass is 32.2. The molecular weight excluding hydrogens is 521 g/mol. The summed E-state index contributed by atoms with van der Waals surface area (Å²) in [7, 11) is -2.79. The lowest BCUT2D eigenvalue weighted by Crippen LogP contribution is -2.51. The van der Waals surface area contributed by atoms with Crippen LogP contribution < -0.4 is 14.4 Å². The second-order valence-corrected chi connectivity index (χ2v) is 11.3. The van der Waals surface area contributed by atoms with Crippen LogP contribution in [0, 0.1) is 11.7 Å². The van der Waals surface area contributed by atoms with Gasteiger partial charge in [-0.2, -0.15) is 0 Å². The monoisotopic (exact) mass is 555 g/mol. The summed E-state index contributed by atoms with van der Waals surface area (Å²) in [6, 6.07) is 18.9. The lowest BCUT2D eigenvalue weighted by Gasteiger charge is -2.32. The fourth-order valence-corrected chi connectivity index (χ4v) is 5.29. The molecule has 2 amide bonds. The summed E-state index contributed by atoms with van der Waals surface area (Å²) in [5, 5.41) is 2.83. The van der Waals surface area contributed by atoms with E-state index < -0.39 is 34.3 Å². The molecule has 39 heavy (non-hydrogen) atoms. The van der Waals surface area contributed by atoms with E-state index in [0.717, 1.165) is 10.4 Å². The van der Waals surface area contributed by atoms with E-state index in [1.54, 1.807) is 49.4 Å². The summed E-state index contributed by atoms with van der Waals surface area (Å²) in [6.45, 7) is 5.21. The van der Waals surface area contributed by atoms with Crippen molar-refractivity contribution in [3.8, 4) is 5.75 Å². The number of hydrogen-bond acceptors (Lipinski definition) is 5. The zero-order chi connectivity index (χ0) is 28.6. The number of methoxy groups -OCH3 is 1. The molecule has 0 fully saturated rings. The Labute approximate surface area is 229 Å². The molecule has 208 valence electrons. The fraction of sp³-hybridized carbons (Fsp3) is 0.310. The van der Waals surface area contributed by atoms with Crippen LogP contribution >= 0.6 is 0 Å². The molecule has 0 saturated heterocycles. The Morgan fingerprint density at radius 1 is 0.923 bits per heavy atom. The van der Waals surface area contributed by atoms with Gasteiger partial charge in [-0.1, -0.05) is 56.3 Å². The Kier molecular flexibility index (Phi) is 10.1. The van der Waals surface area contributed by atoms with Crippen LogP contribution in [0.25, 0.3) is 0 Å². The zero-order valence-electron chi connectivity index (χ0n) is 22.5. The molecule has 0 heterocycles. The van der Waals surface area contributed by atoms with Gasteiger partial charge >= 0.3 is 0 Å². The van der Waals surface area contributed by atoms with Crippen molar-refractivity contribution in [2.24, 2.45) is 5.92 Å². The summed E-state index contributed by atoms with van der Waals surface area (Å²) in [4.78, 5) is 28.0. The number of hydrogen-bond donors (Lipinski definition) is 1. The number of halogens is 1. The van der Waals surface area contributed by atoms with Crippen molar-refractivity contribution in [3.63, 3.8) is 0 Å². The van der Waals surface area contributed by atoms with Crippen molar-refractivity contribution in [1.29, 1.82) is 0 Å². The first-order chi connectivity index (χ1) is 18.5. The third-order valence-corrected chi connectivity index (χ3v) is 7.87. The average Bonchev–Trinajstić information content (AvgIpc) is 2.94. The number of carbonyl (C=O) groups is 2. The molecule has 8 nitrogen and oxygen atoms in total. The number of ether oxygens (including phenoxy) is 1. The number of sulfonamides is 1. The lowest BCUT2D eigenvalue weighted by molar-refractivity contribution is -0.139. The third-order valence-electron chi connectivity index (χ3n) is 6.10. The summed E-state index contributed by atoms with van der Waals surface area (Å²) in [5.74, 6) is -1.03. The summed E-state index contributed by atoms with van der Waals surface area (Å²) >= 11 is 0. The van der Waals surface area contributed by atoms with Gasteiger partial charge in [-0.25, -0.2) is 12.8 Å². The number of amides is 2. The largest absolute Gasteiger partial charge is 0.497 e. The molecule has 10 heteroatoms. The van der Waals surface area contributed by atoms with Gasteiger partial charge in [-0.3, -0.25) is 13.9 Å². The molecule has 3 rings (SSSR count). The Hall–Kier alpha value is -3.92. The molecule has 1 N–H and O–H groups in total. The van der Waals surface area contributed by atoms with E-state index in [9.17, 15) is 22.4 Å². The number of nitrogens with one attached hydrogen (secondary N) is 1. The van der Waals surface area contributed by atoms with Crippen molar-refractivity contribution in [3.05, 3.63) is 90.2 Å². The first-order valence-corrected chi connectivity index (χ1v) is 14.0. The van der Waals surface area contributed by atoms with E-state index in [-0.39, 0.29) is 29.0 Å². The Bertz CT molecular complexity index is 1370. The molecule has 0 aliphatic carbocycles. The number of para-hydroxylation sites is 1. The number of benzene rings is 3. The molecule has 0 spiro atoms. The third kappa shape index (κ3) is 7.57. The maximum absolute atomic E-state index is 14.9. The van der Waals surface area contributed by atoms with E-state index in [4.69, 9.17) is 4.74 Å². The van der Waals surface area contributed by atoms with Crippen LogP contribution in [0.4, 0.5) is 10.1 Å². The number of anilines is 1. The second-order valence-electron chi connectivity index (χ2n) is 9.46. The first-order valence-electron chi connectivity index (χ1n) is 12.6. The van der Waals surface area contributed by atoms with Crippen LogP contribution in [-0.4, -0.2) is 51.4 Å². The highest BCUT2D eigenvalue weighted by Crippen LogP contribution is 2.27. The van der Waals surface area contributed by atoms with Crippen molar-refractivity contribution in [2.45, 2.75) is 38.3 Å². The molecule has 0 unspecified atom stereocenters. The highest BCUT2D eigenvalue weighted by Gasteiger charge is 2.33. The maximum Gasteiger partial charge on any atom is 0.264 e. The van der Waals surface area contributed by atoms with E-state index in [1.807, 2.05) is 13.8 Å². The number of carbonyl (C=O) groups excluding carboxylic acids is 2. The van der Waals surface area contributed by atoms with Crippen LogP contribution in [0.1, 0.15) is 26.3 Å². The molecule has 1 atom stereocenters. The minimum absolute atomic E-state index is 0.0234. The zero-order valence-corrected chi connectivity index (χ0v) is 23.3. The minimum Gasteiger partial charge on any atom is -0.497 e. The summed E-state index contributed by atoms with van der Waals surface area (Å²) < 4.78 is 48.2. The topological polar surface area (TPSA) is 96.0 Å². The second kappa shape index (κ2) is 13.2. The maximum atomic E-state index is 14.9.